The van der Waals surface area contributed by atoms with E-state index in [0.717, 1.165) is 13.1 Å². The second-order valence-corrected chi connectivity index (χ2v) is 6.19. The van der Waals surface area contributed by atoms with Gasteiger partial charge in [0.05, 0.1) is 6.54 Å². The molecule has 5 nitrogen and oxygen atoms in total. The number of amides is 1. The summed E-state index contributed by atoms with van der Waals surface area (Å²) in [7, 11) is 3.47. The normalized spacial score (nSPS) is 11.0. The first-order chi connectivity index (χ1) is 9.49. The van der Waals surface area contributed by atoms with Crippen molar-refractivity contribution in [1.82, 2.24) is 15.5 Å². The number of nitrogens with one attached hydrogen (secondary N) is 2. The van der Waals surface area contributed by atoms with E-state index in [0.29, 0.717) is 11.9 Å². The molecule has 0 aliphatic rings. The van der Waals surface area contributed by atoms with E-state index in [1.54, 1.807) is 30.3 Å². The summed E-state index contributed by atoms with van der Waals surface area (Å²) >= 11 is 1.70. The fraction of sp³-hybridized carbons (Fsp3) is 0.571. The molecule has 0 aliphatic carbocycles. The van der Waals surface area contributed by atoms with Gasteiger partial charge in [0.15, 0.2) is 5.96 Å². The number of likely N-dealkylation sites (N-methyl/N-ethyl adjacent to an activating group) is 1. The first kappa shape index (κ1) is 20.2. The van der Waals surface area contributed by atoms with Crippen LogP contribution in [0, 0.1) is 5.92 Å². The molecule has 1 amide bonds. The molecule has 7 heteroatoms. The first-order valence-electron chi connectivity index (χ1n) is 6.73. The topological polar surface area (TPSA) is 56.7 Å². The van der Waals surface area contributed by atoms with E-state index in [1.807, 2.05) is 11.4 Å². The van der Waals surface area contributed by atoms with Crippen LogP contribution in [0.4, 0.5) is 0 Å². The van der Waals surface area contributed by atoms with Gasteiger partial charge in [-0.15, -0.1) is 35.3 Å². The Kier molecular flexibility index (Phi) is 10.4. The van der Waals surface area contributed by atoms with E-state index in [4.69, 9.17) is 0 Å². The molecule has 2 N–H and O–H groups in total. The second-order valence-electron chi connectivity index (χ2n) is 5.16. The zero-order valence-electron chi connectivity index (χ0n) is 13.0. The molecule has 0 radical (unpaired) electrons. The molecule has 0 saturated carbocycles. The quantitative estimate of drug-likeness (QED) is 0.418. The van der Waals surface area contributed by atoms with Crippen LogP contribution in [-0.4, -0.2) is 44.0 Å². The Labute approximate surface area is 148 Å². The highest BCUT2D eigenvalue weighted by molar-refractivity contribution is 14.0. The number of thiophene rings is 1. The molecule has 0 spiro atoms. The zero-order valence-corrected chi connectivity index (χ0v) is 16.2. The Morgan fingerprint density at radius 1 is 1.38 bits per heavy atom. The fourth-order valence-corrected chi connectivity index (χ4v) is 1.99. The number of guanidine groups is 1. The van der Waals surface area contributed by atoms with Crippen LogP contribution in [0.2, 0.25) is 0 Å². The van der Waals surface area contributed by atoms with Gasteiger partial charge in [-0.05, 0) is 17.4 Å². The molecule has 0 aliphatic heterocycles. The van der Waals surface area contributed by atoms with Crippen molar-refractivity contribution in [2.75, 3.05) is 27.2 Å². The third-order valence-electron chi connectivity index (χ3n) is 2.56. The van der Waals surface area contributed by atoms with Crippen molar-refractivity contribution in [3.8, 4) is 0 Å². The standard InChI is InChI=1S/C14H24N4OS.HI/c1-11(2)8-15-14(17-10-13(19)18(3)4)16-9-12-6-5-7-20-12;/h5-7,11H,8-10H2,1-4H3,(H2,15,16,17);1H. The maximum atomic E-state index is 11.6. The first-order valence-corrected chi connectivity index (χ1v) is 7.61. The number of carbonyl (C=O) groups is 1. The molecule has 0 saturated heterocycles. The lowest BCUT2D eigenvalue weighted by atomic mass is 10.2. The molecule has 0 aromatic carbocycles. The average molecular weight is 424 g/mol. The van der Waals surface area contributed by atoms with Crippen molar-refractivity contribution in [3.05, 3.63) is 22.4 Å². The molecule has 1 heterocycles. The van der Waals surface area contributed by atoms with Crippen LogP contribution in [0.3, 0.4) is 0 Å². The second kappa shape index (κ2) is 10.8. The van der Waals surface area contributed by atoms with Gasteiger partial charge in [0, 0.05) is 25.5 Å². The SMILES string of the molecule is CC(C)CNC(=NCC(=O)N(C)C)NCc1cccs1.I. The molecule has 1 rings (SSSR count). The molecule has 120 valence electrons. The van der Waals surface area contributed by atoms with E-state index in [1.165, 1.54) is 4.88 Å². The molecule has 0 unspecified atom stereocenters. The Balaban J connectivity index is 0.00000400. The highest BCUT2D eigenvalue weighted by atomic mass is 127. The predicted octanol–water partition coefficient (Wildman–Crippen LogP) is 2.15. The van der Waals surface area contributed by atoms with Gasteiger partial charge in [0.2, 0.25) is 5.91 Å². The van der Waals surface area contributed by atoms with Crippen molar-refractivity contribution >= 4 is 47.2 Å². The number of rotatable bonds is 6. The van der Waals surface area contributed by atoms with Gasteiger partial charge >= 0.3 is 0 Å². The van der Waals surface area contributed by atoms with Crippen LogP contribution in [0.1, 0.15) is 18.7 Å². The van der Waals surface area contributed by atoms with Crippen molar-refractivity contribution in [3.63, 3.8) is 0 Å². The smallest absolute Gasteiger partial charge is 0.243 e. The molecule has 1 aromatic heterocycles. The zero-order chi connectivity index (χ0) is 15.0. The van der Waals surface area contributed by atoms with Gasteiger partial charge in [0.25, 0.3) is 0 Å². The monoisotopic (exact) mass is 424 g/mol. The van der Waals surface area contributed by atoms with E-state index in [2.05, 4.69) is 35.5 Å². The fourth-order valence-electron chi connectivity index (χ4n) is 1.35. The lowest BCUT2D eigenvalue weighted by Crippen LogP contribution is -2.39. The summed E-state index contributed by atoms with van der Waals surface area (Å²) < 4.78 is 0. The van der Waals surface area contributed by atoms with Gasteiger partial charge in [-0.25, -0.2) is 4.99 Å². The van der Waals surface area contributed by atoms with Crippen LogP contribution >= 0.6 is 35.3 Å². The van der Waals surface area contributed by atoms with Crippen LogP contribution in [0.15, 0.2) is 22.5 Å². The molecular formula is C14H25IN4OS. The van der Waals surface area contributed by atoms with Gasteiger partial charge in [-0.1, -0.05) is 19.9 Å². The number of hydrogen-bond acceptors (Lipinski definition) is 3. The van der Waals surface area contributed by atoms with Gasteiger partial charge in [-0.3, -0.25) is 4.79 Å². The maximum absolute atomic E-state index is 11.6. The average Bonchev–Trinajstić information content (AvgIpc) is 2.90. The van der Waals surface area contributed by atoms with Crippen molar-refractivity contribution in [1.29, 1.82) is 0 Å². The Bertz CT molecular complexity index is 432. The number of halogens is 1. The Morgan fingerprint density at radius 3 is 2.62 bits per heavy atom. The Morgan fingerprint density at radius 2 is 2.10 bits per heavy atom. The summed E-state index contributed by atoms with van der Waals surface area (Å²) in [5.41, 5.74) is 0. The van der Waals surface area contributed by atoms with Crippen LogP contribution in [0.25, 0.3) is 0 Å². The van der Waals surface area contributed by atoms with Crippen LogP contribution in [-0.2, 0) is 11.3 Å². The molecule has 1 aromatic rings. The molecular weight excluding hydrogens is 399 g/mol. The highest BCUT2D eigenvalue weighted by Crippen LogP contribution is 2.07. The molecule has 0 atom stereocenters. The summed E-state index contributed by atoms with van der Waals surface area (Å²) in [6.07, 6.45) is 0. The van der Waals surface area contributed by atoms with Crippen molar-refractivity contribution < 1.29 is 4.79 Å². The number of aliphatic imine (C=N–C) groups is 1. The molecule has 21 heavy (non-hydrogen) atoms. The summed E-state index contributed by atoms with van der Waals surface area (Å²) in [6, 6.07) is 4.10. The minimum Gasteiger partial charge on any atom is -0.356 e. The van der Waals surface area contributed by atoms with E-state index in [-0.39, 0.29) is 36.4 Å². The summed E-state index contributed by atoms with van der Waals surface area (Å²) in [6.45, 7) is 5.97. The van der Waals surface area contributed by atoms with E-state index < -0.39 is 0 Å². The maximum Gasteiger partial charge on any atom is 0.243 e. The highest BCUT2D eigenvalue weighted by Gasteiger charge is 2.05. The summed E-state index contributed by atoms with van der Waals surface area (Å²) in [5.74, 6) is 1.20. The molecule has 0 fully saturated rings. The van der Waals surface area contributed by atoms with Crippen molar-refractivity contribution in [2.45, 2.75) is 20.4 Å². The van der Waals surface area contributed by atoms with Gasteiger partial charge < -0.3 is 15.5 Å². The largest absolute Gasteiger partial charge is 0.356 e. The molecule has 0 bridgehead atoms. The number of nitrogens with zero attached hydrogens (tertiary/aromatic N) is 2. The van der Waals surface area contributed by atoms with E-state index in [9.17, 15) is 4.79 Å². The lowest BCUT2D eigenvalue weighted by Gasteiger charge is -2.14. The summed E-state index contributed by atoms with van der Waals surface area (Å²) in [5, 5.41) is 8.55. The number of carbonyl (C=O) groups excluding carboxylic acids is 1. The van der Waals surface area contributed by atoms with Gasteiger partial charge in [-0.2, -0.15) is 0 Å². The lowest BCUT2D eigenvalue weighted by molar-refractivity contribution is -0.127. The Hall–Kier alpha value is -0.830. The number of hydrogen-bond donors (Lipinski definition) is 2. The van der Waals surface area contributed by atoms with Crippen LogP contribution < -0.4 is 10.6 Å². The minimum atomic E-state index is -0.00762. The third-order valence-corrected chi connectivity index (χ3v) is 3.44. The third kappa shape index (κ3) is 8.92. The summed E-state index contributed by atoms with van der Waals surface area (Å²) in [4.78, 5) is 18.7. The van der Waals surface area contributed by atoms with Crippen molar-refractivity contribution in [2.24, 2.45) is 10.9 Å². The van der Waals surface area contributed by atoms with Crippen LogP contribution in [0.5, 0.6) is 0 Å². The van der Waals surface area contributed by atoms with Gasteiger partial charge in [0.1, 0.15) is 6.54 Å². The van der Waals surface area contributed by atoms with E-state index >= 15 is 0 Å². The predicted molar refractivity (Wildman–Crippen MR) is 100 cm³/mol. The minimum absolute atomic E-state index is 0.